The molecule has 1 N–H and O–H groups in total. The fourth-order valence-corrected chi connectivity index (χ4v) is 3.43. The maximum Gasteiger partial charge on any atom is 0.374 e. The number of benzene rings is 1. The molecule has 2 aliphatic heterocycles. The van der Waals surface area contributed by atoms with Crippen molar-refractivity contribution in [3.63, 3.8) is 0 Å². The summed E-state index contributed by atoms with van der Waals surface area (Å²) < 4.78 is 16.0. The fourth-order valence-electron chi connectivity index (χ4n) is 3.43. The third-order valence-electron chi connectivity index (χ3n) is 4.74. The van der Waals surface area contributed by atoms with Crippen LogP contribution in [0.5, 0.6) is 0 Å². The number of para-hydroxylation sites is 1. The molecule has 2 aromatic rings. The number of ether oxygens (including phenoxy) is 2. The first-order valence-electron chi connectivity index (χ1n) is 8.45. The molecule has 1 aromatic heterocycles. The molecule has 3 amide bonds. The van der Waals surface area contributed by atoms with Crippen LogP contribution in [0.4, 0.5) is 4.79 Å². The molecule has 2 saturated heterocycles. The topological polar surface area (TPSA) is 98.1 Å². The number of nitrogens with one attached hydrogen (secondary N) is 1. The molecule has 1 unspecified atom stereocenters. The summed E-state index contributed by atoms with van der Waals surface area (Å²) in [6, 6.07) is 6.58. The first-order valence-corrected chi connectivity index (χ1v) is 8.45. The minimum absolute atomic E-state index is 0.0114. The smallest absolute Gasteiger partial charge is 0.374 e. The van der Waals surface area contributed by atoms with Crippen LogP contribution in [0.15, 0.2) is 28.7 Å². The molecule has 8 nitrogen and oxygen atoms in total. The Kier molecular flexibility index (Phi) is 3.91. The van der Waals surface area contributed by atoms with Crippen molar-refractivity contribution in [2.75, 3.05) is 19.8 Å². The van der Waals surface area contributed by atoms with E-state index in [1.54, 1.807) is 31.2 Å². The van der Waals surface area contributed by atoms with Gasteiger partial charge in [0.1, 0.15) is 11.1 Å². The molecule has 1 spiro atoms. The van der Waals surface area contributed by atoms with Crippen LogP contribution in [0.25, 0.3) is 11.0 Å². The lowest BCUT2D eigenvalue weighted by molar-refractivity contribution is -0.131. The molecule has 0 radical (unpaired) electrons. The van der Waals surface area contributed by atoms with E-state index >= 15 is 0 Å². The number of carbonyl (C=O) groups is 3. The molecule has 1 aromatic carbocycles. The molecule has 0 saturated carbocycles. The van der Waals surface area contributed by atoms with Gasteiger partial charge >= 0.3 is 12.0 Å². The van der Waals surface area contributed by atoms with Gasteiger partial charge in [0.05, 0.1) is 19.8 Å². The lowest BCUT2D eigenvalue weighted by atomic mass is 9.99. The van der Waals surface area contributed by atoms with Gasteiger partial charge in [0.15, 0.2) is 0 Å². The zero-order chi connectivity index (χ0) is 18.3. The van der Waals surface area contributed by atoms with Crippen LogP contribution in [0.3, 0.4) is 0 Å². The summed E-state index contributed by atoms with van der Waals surface area (Å²) in [5.74, 6) is -0.956. The number of nitrogens with zero attached hydrogens (tertiary/aromatic N) is 1. The largest absolute Gasteiger partial charge is 0.460 e. The number of carbonyl (C=O) groups excluding carboxylic acids is 3. The molecule has 4 rings (SSSR count). The molecule has 26 heavy (non-hydrogen) atoms. The van der Waals surface area contributed by atoms with Crippen LogP contribution in [-0.4, -0.2) is 48.2 Å². The Morgan fingerprint density at radius 1 is 1.35 bits per heavy atom. The van der Waals surface area contributed by atoms with Gasteiger partial charge in [-0.1, -0.05) is 18.2 Å². The Morgan fingerprint density at radius 2 is 2.15 bits per heavy atom. The molecule has 0 aliphatic carbocycles. The van der Waals surface area contributed by atoms with Gasteiger partial charge in [-0.2, -0.15) is 0 Å². The number of hydrogen-bond donors (Lipinski definition) is 1. The monoisotopic (exact) mass is 358 g/mol. The highest BCUT2D eigenvalue weighted by atomic mass is 16.5. The summed E-state index contributed by atoms with van der Waals surface area (Å²) in [5, 5.41) is 3.40. The van der Waals surface area contributed by atoms with E-state index < -0.39 is 17.5 Å². The van der Waals surface area contributed by atoms with Gasteiger partial charge < -0.3 is 19.2 Å². The Hall–Kier alpha value is -2.87. The quantitative estimate of drug-likeness (QED) is 0.661. The molecule has 8 heteroatoms. The van der Waals surface area contributed by atoms with E-state index in [1.807, 2.05) is 0 Å². The maximum absolute atomic E-state index is 12.8. The van der Waals surface area contributed by atoms with E-state index in [-0.39, 0.29) is 31.4 Å². The normalized spacial score (nSPS) is 22.4. The van der Waals surface area contributed by atoms with E-state index in [4.69, 9.17) is 13.9 Å². The zero-order valence-corrected chi connectivity index (χ0v) is 14.2. The first kappa shape index (κ1) is 16.6. The summed E-state index contributed by atoms with van der Waals surface area (Å²) in [6.07, 6.45) is 0.435. The van der Waals surface area contributed by atoms with Crippen molar-refractivity contribution in [1.82, 2.24) is 10.2 Å². The highest BCUT2D eigenvalue weighted by Gasteiger charge is 2.53. The van der Waals surface area contributed by atoms with Crippen molar-refractivity contribution >= 4 is 28.9 Å². The van der Waals surface area contributed by atoms with Crippen LogP contribution < -0.4 is 5.32 Å². The Morgan fingerprint density at radius 3 is 2.88 bits per heavy atom. The van der Waals surface area contributed by atoms with Gasteiger partial charge in [-0.15, -0.1) is 0 Å². The number of imide groups is 1. The van der Waals surface area contributed by atoms with Gasteiger partial charge in [-0.25, -0.2) is 9.59 Å². The average Bonchev–Trinajstić information content (AvgIpc) is 3.30. The summed E-state index contributed by atoms with van der Waals surface area (Å²) in [7, 11) is 0. The third kappa shape index (κ3) is 2.45. The highest BCUT2D eigenvalue weighted by Crippen LogP contribution is 2.32. The van der Waals surface area contributed by atoms with Crippen molar-refractivity contribution in [1.29, 1.82) is 0 Å². The number of fused-ring (bicyclic) bond motifs is 1. The van der Waals surface area contributed by atoms with E-state index in [2.05, 4.69) is 5.32 Å². The number of rotatable bonds is 4. The summed E-state index contributed by atoms with van der Waals surface area (Å²) in [4.78, 5) is 38.6. The van der Waals surface area contributed by atoms with Crippen molar-refractivity contribution in [2.45, 2.75) is 25.4 Å². The molecule has 3 heterocycles. The van der Waals surface area contributed by atoms with Crippen molar-refractivity contribution in [3.8, 4) is 0 Å². The Bertz CT molecular complexity index is 896. The van der Waals surface area contributed by atoms with Crippen LogP contribution in [0.2, 0.25) is 0 Å². The standard InChI is InChI=1S/C18H18N2O6/c1-2-25-15(21)14-12(11-5-3-4-6-13(11)26-14)9-20-16(22)18(19-17(20)23)7-8-24-10-18/h3-6H,2,7-10H2,1H3,(H,19,23). The van der Waals surface area contributed by atoms with Gasteiger partial charge in [-0.3, -0.25) is 9.69 Å². The molecular weight excluding hydrogens is 340 g/mol. The minimum atomic E-state index is -0.999. The second kappa shape index (κ2) is 6.14. The summed E-state index contributed by atoms with van der Waals surface area (Å²) in [6.45, 7) is 2.39. The first-order chi connectivity index (χ1) is 12.6. The lowest BCUT2D eigenvalue weighted by Gasteiger charge is -2.18. The van der Waals surface area contributed by atoms with Gasteiger partial charge in [0.2, 0.25) is 5.76 Å². The molecule has 136 valence electrons. The number of urea groups is 1. The maximum atomic E-state index is 12.8. The van der Waals surface area contributed by atoms with Crippen molar-refractivity contribution in [3.05, 3.63) is 35.6 Å². The van der Waals surface area contributed by atoms with Crippen LogP contribution >= 0.6 is 0 Å². The van der Waals surface area contributed by atoms with Gasteiger partial charge in [-0.05, 0) is 13.0 Å². The second-order valence-corrected chi connectivity index (χ2v) is 6.33. The minimum Gasteiger partial charge on any atom is -0.460 e. The van der Waals surface area contributed by atoms with Gasteiger partial charge in [0.25, 0.3) is 5.91 Å². The van der Waals surface area contributed by atoms with Crippen LogP contribution in [-0.2, 0) is 20.8 Å². The van der Waals surface area contributed by atoms with Crippen molar-refractivity contribution in [2.24, 2.45) is 0 Å². The molecule has 1 atom stereocenters. The van der Waals surface area contributed by atoms with Crippen LogP contribution in [0.1, 0.15) is 29.5 Å². The average molecular weight is 358 g/mol. The summed E-state index contributed by atoms with van der Waals surface area (Å²) >= 11 is 0. The fraction of sp³-hybridized carbons (Fsp3) is 0.389. The third-order valence-corrected chi connectivity index (χ3v) is 4.74. The van der Waals surface area contributed by atoms with E-state index in [0.717, 1.165) is 4.90 Å². The van der Waals surface area contributed by atoms with E-state index in [9.17, 15) is 14.4 Å². The molecule has 2 fully saturated rings. The number of hydrogen-bond acceptors (Lipinski definition) is 6. The predicted molar refractivity (Wildman–Crippen MR) is 89.4 cm³/mol. The Balaban J connectivity index is 1.72. The number of furan rings is 1. The molecule has 2 aliphatic rings. The number of esters is 1. The molecule has 0 bridgehead atoms. The number of amides is 3. The van der Waals surface area contributed by atoms with Crippen LogP contribution in [0, 0.1) is 0 Å². The molecular formula is C18H18N2O6. The van der Waals surface area contributed by atoms with Gasteiger partial charge in [0, 0.05) is 24.0 Å². The zero-order valence-electron chi connectivity index (χ0n) is 14.2. The summed E-state index contributed by atoms with van der Waals surface area (Å²) in [5.41, 5.74) is -0.0456. The lowest BCUT2D eigenvalue weighted by Crippen LogP contribution is -2.47. The second-order valence-electron chi connectivity index (χ2n) is 6.33. The van der Waals surface area contributed by atoms with E-state index in [1.165, 1.54) is 0 Å². The SMILES string of the molecule is CCOC(=O)c1oc2ccccc2c1CN1C(=O)NC2(CCOC2)C1=O. The van der Waals surface area contributed by atoms with Crippen molar-refractivity contribution < 1.29 is 28.3 Å². The predicted octanol–water partition coefficient (Wildman–Crippen LogP) is 1.82. The van der Waals surface area contributed by atoms with E-state index in [0.29, 0.717) is 29.6 Å². The Labute approximate surface area is 149 Å². The highest BCUT2D eigenvalue weighted by molar-refractivity contribution is 6.08.